The molecule has 1 aromatic heterocycles. The van der Waals surface area contributed by atoms with Crippen LogP contribution in [0.1, 0.15) is 24.1 Å². The van der Waals surface area contributed by atoms with E-state index in [-0.39, 0.29) is 15.7 Å². The Bertz CT molecular complexity index is 1380. The minimum Gasteiger partial charge on any atom is -0.272 e. The van der Waals surface area contributed by atoms with Crippen molar-refractivity contribution in [3.05, 3.63) is 74.0 Å². The van der Waals surface area contributed by atoms with Gasteiger partial charge in [-0.15, -0.1) is 0 Å². The molecule has 3 aromatic rings. The van der Waals surface area contributed by atoms with E-state index >= 15 is 0 Å². The third-order valence-corrected chi connectivity index (χ3v) is 7.95. The lowest BCUT2D eigenvalue weighted by Crippen LogP contribution is -2.27. The Hall–Kier alpha value is -2.99. The number of hydrogen-bond donors (Lipinski definition) is 1. The standard InChI is InChI=1S/C21H20Cl2N6O4S/c1-14-16(21(23)28(26-14)19-7-3-2-6-17(19)22)13-24-25-18-9-8-15(12-20(18)29(30)31)34(32,33)27-10-4-5-11-27/h2-3,6-9,12-13,25H,4-5,10-11H2,1H3/b24-13+. The van der Waals surface area contributed by atoms with E-state index < -0.39 is 20.6 Å². The second-order valence-corrected chi connectivity index (χ2v) is 10.3. The third-order valence-electron chi connectivity index (χ3n) is 5.38. The molecule has 0 unspecified atom stereocenters. The predicted molar refractivity (Wildman–Crippen MR) is 131 cm³/mol. The Balaban J connectivity index is 1.60. The van der Waals surface area contributed by atoms with Crippen molar-refractivity contribution in [3.63, 3.8) is 0 Å². The van der Waals surface area contributed by atoms with Crippen molar-refractivity contribution in [1.82, 2.24) is 14.1 Å². The molecule has 178 valence electrons. The van der Waals surface area contributed by atoms with Gasteiger partial charge in [-0.3, -0.25) is 15.5 Å². The average Bonchev–Trinajstić information content (AvgIpc) is 3.44. The van der Waals surface area contributed by atoms with Crippen LogP contribution in [0.2, 0.25) is 10.2 Å². The van der Waals surface area contributed by atoms with Crippen molar-refractivity contribution >= 4 is 50.8 Å². The van der Waals surface area contributed by atoms with E-state index in [4.69, 9.17) is 23.2 Å². The number of nitro groups is 1. The number of nitro benzene ring substituents is 1. The second kappa shape index (κ2) is 9.71. The number of nitrogens with one attached hydrogen (secondary N) is 1. The number of nitrogens with zero attached hydrogens (tertiary/aromatic N) is 5. The van der Waals surface area contributed by atoms with Crippen molar-refractivity contribution in [2.45, 2.75) is 24.7 Å². The van der Waals surface area contributed by atoms with Gasteiger partial charge in [-0.25, -0.2) is 13.1 Å². The Morgan fingerprint density at radius 2 is 1.88 bits per heavy atom. The SMILES string of the molecule is Cc1nn(-c2ccccc2Cl)c(Cl)c1/C=N/Nc1ccc(S(=O)(=O)N2CCCC2)cc1[N+](=O)[O-]. The number of para-hydroxylation sites is 1. The van der Waals surface area contributed by atoms with Crippen LogP contribution in [-0.2, 0) is 10.0 Å². The molecular weight excluding hydrogens is 503 g/mol. The molecule has 1 aliphatic heterocycles. The average molecular weight is 523 g/mol. The van der Waals surface area contributed by atoms with Gasteiger partial charge in [0.15, 0.2) is 0 Å². The number of aromatic nitrogens is 2. The smallest absolute Gasteiger partial charge is 0.272 e. The van der Waals surface area contributed by atoms with Crippen LogP contribution in [0, 0.1) is 17.0 Å². The molecule has 0 aliphatic carbocycles. The van der Waals surface area contributed by atoms with E-state index in [9.17, 15) is 18.5 Å². The molecule has 0 spiro atoms. The van der Waals surface area contributed by atoms with E-state index in [0.717, 1.165) is 18.9 Å². The van der Waals surface area contributed by atoms with Crippen LogP contribution in [-0.4, -0.2) is 46.7 Å². The summed E-state index contributed by atoms with van der Waals surface area (Å²) in [7, 11) is -3.79. The van der Waals surface area contributed by atoms with Crippen LogP contribution in [0.25, 0.3) is 5.69 Å². The molecule has 0 amide bonds. The third kappa shape index (κ3) is 4.64. The van der Waals surface area contributed by atoms with E-state index in [0.29, 0.717) is 35.1 Å². The number of halogens is 2. The van der Waals surface area contributed by atoms with Crippen molar-refractivity contribution in [2.24, 2.45) is 5.10 Å². The molecule has 1 N–H and O–H groups in total. The van der Waals surface area contributed by atoms with Gasteiger partial charge in [0.2, 0.25) is 10.0 Å². The summed E-state index contributed by atoms with van der Waals surface area (Å²) < 4.78 is 28.3. The van der Waals surface area contributed by atoms with Crippen LogP contribution < -0.4 is 5.43 Å². The van der Waals surface area contributed by atoms with Gasteiger partial charge in [-0.2, -0.15) is 14.5 Å². The van der Waals surface area contributed by atoms with Crippen LogP contribution in [0.15, 0.2) is 52.5 Å². The number of rotatable bonds is 7. The molecule has 10 nitrogen and oxygen atoms in total. The van der Waals surface area contributed by atoms with E-state index in [1.807, 2.05) is 0 Å². The van der Waals surface area contributed by atoms with Crippen LogP contribution in [0.4, 0.5) is 11.4 Å². The van der Waals surface area contributed by atoms with E-state index in [2.05, 4.69) is 15.6 Å². The Morgan fingerprint density at radius 1 is 1.18 bits per heavy atom. The number of hydrogen-bond acceptors (Lipinski definition) is 7. The quantitative estimate of drug-likeness (QED) is 0.274. The fourth-order valence-electron chi connectivity index (χ4n) is 3.60. The highest BCUT2D eigenvalue weighted by Crippen LogP contribution is 2.31. The lowest BCUT2D eigenvalue weighted by Gasteiger charge is -2.15. The maximum atomic E-state index is 12.8. The van der Waals surface area contributed by atoms with Gasteiger partial charge in [-0.1, -0.05) is 35.3 Å². The first-order chi connectivity index (χ1) is 16.2. The van der Waals surface area contributed by atoms with E-state index in [1.165, 1.54) is 27.3 Å². The Labute approximate surface area is 206 Å². The summed E-state index contributed by atoms with van der Waals surface area (Å²) in [6, 6.07) is 10.8. The summed E-state index contributed by atoms with van der Waals surface area (Å²) in [5, 5.41) is 20.8. The minimum absolute atomic E-state index is 0.0360. The monoisotopic (exact) mass is 522 g/mol. The summed E-state index contributed by atoms with van der Waals surface area (Å²) in [5.41, 5.74) is 3.88. The van der Waals surface area contributed by atoms with Gasteiger partial charge < -0.3 is 0 Å². The fraction of sp³-hybridized carbons (Fsp3) is 0.238. The van der Waals surface area contributed by atoms with E-state index in [1.54, 1.807) is 31.2 Å². The van der Waals surface area contributed by atoms with Crippen LogP contribution in [0.3, 0.4) is 0 Å². The summed E-state index contributed by atoms with van der Waals surface area (Å²) in [4.78, 5) is 10.8. The molecule has 0 atom stereocenters. The van der Waals surface area contributed by atoms with Gasteiger partial charge in [0, 0.05) is 19.2 Å². The molecule has 1 saturated heterocycles. The first-order valence-electron chi connectivity index (χ1n) is 10.3. The maximum absolute atomic E-state index is 12.8. The van der Waals surface area contributed by atoms with Crippen molar-refractivity contribution < 1.29 is 13.3 Å². The summed E-state index contributed by atoms with van der Waals surface area (Å²) >= 11 is 12.7. The zero-order chi connectivity index (χ0) is 24.5. The molecule has 0 radical (unpaired) electrons. The molecule has 13 heteroatoms. The Kier molecular flexibility index (Phi) is 6.89. The summed E-state index contributed by atoms with van der Waals surface area (Å²) in [6.45, 7) is 2.55. The van der Waals surface area contributed by atoms with Crippen molar-refractivity contribution in [2.75, 3.05) is 18.5 Å². The zero-order valence-corrected chi connectivity index (χ0v) is 20.3. The highest BCUT2D eigenvalue weighted by Gasteiger charge is 2.29. The zero-order valence-electron chi connectivity index (χ0n) is 18.0. The molecule has 34 heavy (non-hydrogen) atoms. The molecule has 2 heterocycles. The fourth-order valence-corrected chi connectivity index (χ4v) is 5.67. The molecule has 1 aliphatic rings. The minimum atomic E-state index is -3.79. The van der Waals surface area contributed by atoms with Crippen molar-refractivity contribution in [3.8, 4) is 5.69 Å². The molecular formula is C21H20Cl2N6O4S. The van der Waals surface area contributed by atoms with Gasteiger partial charge in [-0.05, 0) is 44.0 Å². The second-order valence-electron chi connectivity index (χ2n) is 7.57. The summed E-state index contributed by atoms with van der Waals surface area (Å²) in [6.07, 6.45) is 2.92. The lowest BCUT2D eigenvalue weighted by atomic mass is 10.3. The number of anilines is 1. The first kappa shape index (κ1) is 24.1. The van der Waals surface area contributed by atoms with Gasteiger partial charge >= 0.3 is 0 Å². The van der Waals surface area contributed by atoms with Gasteiger partial charge in [0.25, 0.3) is 5.69 Å². The number of hydrazone groups is 1. The lowest BCUT2D eigenvalue weighted by molar-refractivity contribution is -0.384. The maximum Gasteiger partial charge on any atom is 0.295 e. The van der Waals surface area contributed by atoms with Gasteiger partial charge in [0.1, 0.15) is 10.8 Å². The Morgan fingerprint density at radius 3 is 2.56 bits per heavy atom. The highest BCUT2D eigenvalue weighted by molar-refractivity contribution is 7.89. The number of benzene rings is 2. The van der Waals surface area contributed by atoms with Gasteiger partial charge in [0.05, 0.1) is 38.0 Å². The number of sulfonamides is 1. The molecule has 2 aromatic carbocycles. The molecule has 0 saturated carbocycles. The normalized spacial score (nSPS) is 14.7. The van der Waals surface area contributed by atoms with Crippen LogP contribution in [0.5, 0.6) is 0 Å². The van der Waals surface area contributed by atoms with Crippen LogP contribution >= 0.6 is 23.2 Å². The first-order valence-corrected chi connectivity index (χ1v) is 12.5. The topological polar surface area (TPSA) is 123 Å². The highest BCUT2D eigenvalue weighted by atomic mass is 35.5. The molecule has 1 fully saturated rings. The summed E-state index contributed by atoms with van der Waals surface area (Å²) in [5.74, 6) is 0. The molecule has 4 rings (SSSR count). The largest absolute Gasteiger partial charge is 0.295 e. The number of aryl methyl sites for hydroxylation is 1. The van der Waals surface area contributed by atoms with Crippen molar-refractivity contribution in [1.29, 1.82) is 0 Å². The predicted octanol–water partition coefficient (Wildman–Crippen LogP) is 4.63. The molecule has 0 bridgehead atoms.